The summed E-state index contributed by atoms with van der Waals surface area (Å²) in [5.74, 6) is -0.397. The predicted molar refractivity (Wildman–Crippen MR) is 163 cm³/mol. The average Bonchev–Trinajstić information content (AvgIpc) is 3.12. The number of rotatable bonds is 9. The summed E-state index contributed by atoms with van der Waals surface area (Å²) in [4.78, 5) is 43.4. The highest BCUT2D eigenvalue weighted by atomic mass is 28.3. The number of amides is 2. The van der Waals surface area contributed by atoms with E-state index in [0.29, 0.717) is 12.3 Å². The van der Waals surface area contributed by atoms with Crippen LogP contribution in [0, 0.1) is 35.0 Å². The topological polar surface area (TPSA) is 72.9 Å². The average molecular weight is 572 g/mol. The van der Waals surface area contributed by atoms with Crippen molar-refractivity contribution in [2.75, 3.05) is 13.7 Å². The normalized spacial score (nSPS) is 33.0. The molecule has 2 aliphatic carbocycles. The molecule has 0 N–H and O–H groups in total. The number of methoxy groups -OCH3 is 1. The van der Waals surface area contributed by atoms with Crippen LogP contribution in [0.25, 0.3) is 0 Å². The fourth-order valence-corrected chi connectivity index (χ4v) is 8.27. The SMILES string of the molecule is C/C=C(\C)[C@@H]1C(C)=C[C@]2(C)C[C@H](C)CC[C@H]2[C@@H]1C(=O)C1=C[C@](CC(C)C)(OC)N(C(=O)OCC[Si](C)(C)C)C1=O. The highest BCUT2D eigenvalue weighted by Gasteiger charge is 2.56. The van der Waals surface area contributed by atoms with Crippen molar-refractivity contribution in [3.8, 4) is 0 Å². The summed E-state index contributed by atoms with van der Waals surface area (Å²) >= 11 is 0. The Bertz CT molecular complexity index is 1100. The highest BCUT2D eigenvalue weighted by molar-refractivity contribution is 6.76. The summed E-state index contributed by atoms with van der Waals surface area (Å²) in [6.07, 6.45) is 8.81. The molecule has 6 atom stereocenters. The van der Waals surface area contributed by atoms with Gasteiger partial charge in [-0.2, -0.15) is 0 Å². The number of hydrogen-bond acceptors (Lipinski definition) is 5. The fraction of sp³-hybridized carbons (Fsp3) is 0.727. The number of carbonyl (C=O) groups excluding carboxylic acids is 3. The van der Waals surface area contributed by atoms with Gasteiger partial charge in [-0.05, 0) is 68.9 Å². The van der Waals surface area contributed by atoms with Crippen LogP contribution >= 0.6 is 0 Å². The number of hydrogen-bond donors (Lipinski definition) is 0. The van der Waals surface area contributed by atoms with E-state index in [1.807, 2.05) is 20.8 Å². The highest BCUT2D eigenvalue weighted by Crippen LogP contribution is 2.56. The molecule has 1 heterocycles. The summed E-state index contributed by atoms with van der Waals surface area (Å²) in [5, 5.41) is 0. The third kappa shape index (κ3) is 6.40. The molecule has 0 spiro atoms. The Balaban J connectivity index is 2.07. The van der Waals surface area contributed by atoms with Crippen molar-refractivity contribution in [3.05, 3.63) is 34.9 Å². The summed E-state index contributed by atoms with van der Waals surface area (Å²) in [6, 6.07) is 0.792. The Labute approximate surface area is 243 Å². The van der Waals surface area contributed by atoms with Gasteiger partial charge in [0.1, 0.15) is 0 Å². The molecule has 1 fully saturated rings. The van der Waals surface area contributed by atoms with Gasteiger partial charge in [-0.15, -0.1) is 0 Å². The first-order chi connectivity index (χ1) is 18.5. The van der Waals surface area contributed by atoms with Gasteiger partial charge in [-0.1, -0.05) is 77.1 Å². The molecule has 0 aromatic carbocycles. The maximum atomic E-state index is 14.7. The minimum Gasteiger partial charge on any atom is -0.449 e. The van der Waals surface area contributed by atoms with Gasteiger partial charge in [0.25, 0.3) is 5.91 Å². The molecule has 7 heteroatoms. The quantitative estimate of drug-likeness (QED) is 0.160. The minimum atomic E-state index is -1.45. The van der Waals surface area contributed by atoms with E-state index in [0.717, 1.165) is 35.8 Å². The zero-order valence-electron chi connectivity index (χ0n) is 26.8. The number of allylic oxidation sites excluding steroid dienone is 4. The molecule has 2 amide bonds. The third-order valence-electron chi connectivity index (χ3n) is 9.46. The first-order valence-corrected chi connectivity index (χ1v) is 18.9. The predicted octanol–water partition coefficient (Wildman–Crippen LogP) is 7.79. The van der Waals surface area contributed by atoms with E-state index in [-0.39, 0.29) is 47.0 Å². The smallest absolute Gasteiger partial charge is 0.419 e. The van der Waals surface area contributed by atoms with Crippen molar-refractivity contribution in [1.29, 1.82) is 0 Å². The van der Waals surface area contributed by atoms with Crippen LogP contribution in [-0.2, 0) is 19.1 Å². The molecule has 0 aromatic rings. The lowest BCUT2D eigenvalue weighted by Gasteiger charge is -2.52. The molecule has 0 bridgehead atoms. The van der Waals surface area contributed by atoms with Crippen LogP contribution in [0.15, 0.2) is 34.9 Å². The Morgan fingerprint density at radius 2 is 1.85 bits per heavy atom. The van der Waals surface area contributed by atoms with E-state index < -0.39 is 25.8 Å². The van der Waals surface area contributed by atoms with Crippen molar-refractivity contribution in [2.24, 2.45) is 35.0 Å². The molecule has 224 valence electrons. The van der Waals surface area contributed by atoms with Crippen LogP contribution in [-0.4, -0.2) is 50.2 Å². The Morgan fingerprint density at radius 3 is 2.40 bits per heavy atom. The van der Waals surface area contributed by atoms with E-state index in [1.165, 1.54) is 12.7 Å². The number of imide groups is 1. The Hall–Kier alpha value is -1.99. The first kappa shape index (κ1) is 32.5. The van der Waals surface area contributed by atoms with Gasteiger partial charge < -0.3 is 9.47 Å². The molecule has 0 radical (unpaired) electrons. The lowest BCUT2D eigenvalue weighted by atomic mass is 9.52. The first-order valence-electron chi connectivity index (χ1n) is 15.2. The van der Waals surface area contributed by atoms with Gasteiger partial charge in [-0.25, -0.2) is 9.69 Å². The van der Waals surface area contributed by atoms with E-state index in [9.17, 15) is 14.4 Å². The van der Waals surface area contributed by atoms with Gasteiger partial charge in [-0.3, -0.25) is 9.59 Å². The summed E-state index contributed by atoms with van der Waals surface area (Å²) < 4.78 is 11.6. The maximum absolute atomic E-state index is 14.7. The minimum absolute atomic E-state index is 0.0687. The van der Waals surface area contributed by atoms with Crippen molar-refractivity contribution >= 4 is 25.9 Å². The summed E-state index contributed by atoms with van der Waals surface area (Å²) in [7, 11) is 0.0498. The number of ketones is 1. The van der Waals surface area contributed by atoms with Crippen LogP contribution in [0.5, 0.6) is 0 Å². The third-order valence-corrected chi connectivity index (χ3v) is 11.2. The summed E-state index contributed by atoms with van der Waals surface area (Å²) in [5.41, 5.74) is 0.943. The number of carbonyl (C=O) groups is 3. The molecule has 3 rings (SSSR count). The molecule has 1 aliphatic heterocycles. The second-order valence-corrected chi connectivity index (χ2v) is 20.2. The van der Waals surface area contributed by atoms with Gasteiger partial charge >= 0.3 is 6.09 Å². The number of Topliss-reactive ketones (excluding diaryl/α,β-unsaturated/α-hetero) is 1. The molecular formula is C33H53NO5Si. The second-order valence-electron chi connectivity index (χ2n) is 14.6. The monoisotopic (exact) mass is 571 g/mol. The van der Waals surface area contributed by atoms with Crippen LogP contribution in [0.4, 0.5) is 4.79 Å². The molecular weight excluding hydrogens is 518 g/mol. The zero-order chi connectivity index (χ0) is 30.2. The van der Waals surface area contributed by atoms with E-state index in [1.54, 1.807) is 6.08 Å². The Morgan fingerprint density at radius 1 is 1.20 bits per heavy atom. The van der Waals surface area contributed by atoms with Gasteiger partial charge in [0.2, 0.25) is 0 Å². The second kappa shape index (κ2) is 12.1. The van der Waals surface area contributed by atoms with Crippen molar-refractivity contribution in [2.45, 2.75) is 106 Å². The molecule has 0 aromatic heterocycles. The van der Waals surface area contributed by atoms with Crippen LogP contribution in [0.2, 0.25) is 25.7 Å². The van der Waals surface area contributed by atoms with Gasteiger partial charge in [0, 0.05) is 33.4 Å². The largest absolute Gasteiger partial charge is 0.449 e. The molecule has 0 saturated heterocycles. The van der Waals surface area contributed by atoms with Crippen LogP contribution in [0.1, 0.15) is 74.1 Å². The lowest BCUT2D eigenvalue weighted by Crippen LogP contribution is -2.53. The maximum Gasteiger partial charge on any atom is 0.419 e. The summed E-state index contributed by atoms with van der Waals surface area (Å²) in [6.45, 7) is 21.7. The van der Waals surface area contributed by atoms with Crippen molar-refractivity contribution in [3.63, 3.8) is 0 Å². The van der Waals surface area contributed by atoms with Crippen LogP contribution < -0.4 is 0 Å². The van der Waals surface area contributed by atoms with E-state index in [2.05, 4.69) is 59.5 Å². The zero-order valence-corrected chi connectivity index (χ0v) is 27.8. The number of nitrogens with zero attached hydrogens (tertiary/aromatic N) is 1. The van der Waals surface area contributed by atoms with Gasteiger partial charge in [0.15, 0.2) is 11.5 Å². The number of fused-ring (bicyclic) bond motifs is 1. The molecule has 40 heavy (non-hydrogen) atoms. The number of ether oxygens (including phenoxy) is 2. The fourth-order valence-electron chi connectivity index (χ4n) is 7.55. The Kier molecular flexibility index (Phi) is 9.83. The molecule has 3 aliphatic rings. The van der Waals surface area contributed by atoms with Crippen molar-refractivity contribution < 1.29 is 23.9 Å². The van der Waals surface area contributed by atoms with E-state index >= 15 is 0 Å². The van der Waals surface area contributed by atoms with Crippen LogP contribution in [0.3, 0.4) is 0 Å². The molecule has 0 unspecified atom stereocenters. The van der Waals surface area contributed by atoms with E-state index in [4.69, 9.17) is 9.47 Å². The standard InChI is InChI=1S/C33H53NO5Si/c1-12-23(5)27-24(6)19-32(7)18-22(4)13-14-26(32)28(27)29(35)25-20-33(38-8,17-21(2)3)34(30(25)36)31(37)39-15-16-40(9,10)11/h12,19-22,26-28H,13-18H2,1-11H3/b23-12+/t22-,26+,27-,28+,32+,33+/m1/s1. The van der Waals surface area contributed by atoms with Crippen molar-refractivity contribution in [1.82, 2.24) is 4.90 Å². The molecule has 1 saturated carbocycles. The molecule has 6 nitrogen and oxygen atoms in total. The lowest BCUT2D eigenvalue weighted by molar-refractivity contribution is -0.145. The van der Waals surface area contributed by atoms with Gasteiger partial charge in [0.05, 0.1) is 12.2 Å².